The fourth-order valence-electron chi connectivity index (χ4n) is 5.50. The van der Waals surface area contributed by atoms with E-state index in [1.165, 1.54) is 4.57 Å². The lowest BCUT2D eigenvalue weighted by atomic mass is 10.1. The van der Waals surface area contributed by atoms with Gasteiger partial charge in [0.25, 0.3) is 5.56 Å². The van der Waals surface area contributed by atoms with Crippen LogP contribution in [0, 0.1) is 0 Å². The van der Waals surface area contributed by atoms with Crippen LogP contribution in [0.5, 0.6) is 5.75 Å². The van der Waals surface area contributed by atoms with Gasteiger partial charge in [-0.1, -0.05) is 47.5 Å². The highest BCUT2D eigenvalue weighted by molar-refractivity contribution is 6.42. The quantitative estimate of drug-likeness (QED) is 0.137. The molecule has 5 aromatic rings. The molecule has 3 amide bonds. The van der Waals surface area contributed by atoms with Crippen molar-refractivity contribution in [3.05, 3.63) is 123 Å². The molecule has 11 nitrogen and oxygen atoms in total. The van der Waals surface area contributed by atoms with Gasteiger partial charge >= 0.3 is 6.03 Å². The normalized spacial score (nSPS) is 11.7. The largest absolute Gasteiger partial charge is 0.494 e. The first-order valence-electron chi connectivity index (χ1n) is 16.2. The fourth-order valence-corrected chi connectivity index (χ4v) is 5.82. The molecular formula is C37H39Cl2N7O4. The van der Waals surface area contributed by atoms with Crippen molar-refractivity contribution in [2.45, 2.75) is 25.8 Å². The van der Waals surface area contributed by atoms with E-state index in [4.69, 9.17) is 32.9 Å². The van der Waals surface area contributed by atoms with Gasteiger partial charge in [0.1, 0.15) is 11.6 Å². The molecule has 0 spiro atoms. The standard InChI is InChI=1S/C37H39Cl2N7O4/c1-4-50-28-15-13-27(14-16-28)46-35(43-34-29(36(46)48)11-8-19-40-34)32(18-20-41-37(49)42-26-9-6-5-7-10-26)45(22-21-44(2)3)33(47)24-25-12-17-30(38)31(39)23-25/h5-17,19,23,32H,4,18,20-22,24H2,1-3H3,(H2,41,42,49). The molecule has 5 rings (SSSR count). The second-order valence-corrected chi connectivity index (χ2v) is 12.6. The van der Waals surface area contributed by atoms with Gasteiger partial charge in [-0.15, -0.1) is 0 Å². The van der Waals surface area contributed by atoms with Crippen molar-refractivity contribution in [3.63, 3.8) is 0 Å². The number of para-hydroxylation sites is 1. The maximum absolute atomic E-state index is 14.4. The van der Waals surface area contributed by atoms with Gasteiger partial charge in [-0.25, -0.2) is 14.8 Å². The van der Waals surface area contributed by atoms with E-state index in [-0.39, 0.29) is 36.5 Å². The summed E-state index contributed by atoms with van der Waals surface area (Å²) in [7, 11) is 3.83. The molecule has 50 heavy (non-hydrogen) atoms. The molecule has 0 aliphatic rings. The molecule has 3 aromatic carbocycles. The molecule has 0 bridgehead atoms. The first kappa shape index (κ1) is 36.3. The number of likely N-dealkylation sites (N-methyl/N-ethyl adjacent to an activating group) is 1. The Morgan fingerprint density at radius 3 is 2.40 bits per heavy atom. The molecule has 0 aliphatic heterocycles. The summed E-state index contributed by atoms with van der Waals surface area (Å²) in [6.45, 7) is 3.36. The lowest BCUT2D eigenvalue weighted by Gasteiger charge is -2.34. The molecule has 260 valence electrons. The van der Waals surface area contributed by atoms with Gasteiger partial charge in [0, 0.05) is 31.5 Å². The molecule has 1 atom stereocenters. The molecule has 0 saturated carbocycles. The van der Waals surface area contributed by atoms with Crippen LogP contribution in [-0.4, -0.2) is 76.6 Å². The van der Waals surface area contributed by atoms with E-state index in [2.05, 4.69) is 15.6 Å². The van der Waals surface area contributed by atoms with Crippen LogP contribution in [0.25, 0.3) is 16.7 Å². The molecule has 0 aliphatic carbocycles. The van der Waals surface area contributed by atoms with Crippen LogP contribution in [0.1, 0.15) is 30.8 Å². The van der Waals surface area contributed by atoms with Crippen LogP contribution in [0.2, 0.25) is 10.0 Å². The number of ether oxygens (including phenoxy) is 1. The van der Waals surface area contributed by atoms with Gasteiger partial charge in [0.05, 0.1) is 40.2 Å². The van der Waals surface area contributed by atoms with Crippen molar-refractivity contribution in [2.24, 2.45) is 0 Å². The minimum atomic E-state index is -0.770. The Morgan fingerprint density at radius 2 is 1.70 bits per heavy atom. The van der Waals surface area contributed by atoms with E-state index in [0.717, 1.165) is 0 Å². The van der Waals surface area contributed by atoms with Gasteiger partial charge in [-0.2, -0.15) is 0 Å². The van der Waals surface area contributed by atoms with E-state index in [0.29, 0.717) is 63.6 Å². The zero-order chi connectivity index (χ0) is 35.6. The second-order valence-electron chi connectivity index (χ2n) is 11.8. The molecule has 0 radical (unpaired) electrons. The number of benzene rings is 3. The summed E-state index contributed by atoms with van der Waals surface area (Å²) in [4.78, 5) is 54.6. The number of amides is 3. The molecular weight excluding hydrogens is 677 g/mol. The molecule has 0 fully saturated rings. The van der Waals surface area contributed by atoms with Crippen molar-refractivity contribution in [1.82, 2.24) is 29.7 Å². The van der Waals surface area contributed by atoms with Crippen LogP contribution in [0.4, 0.5) is 10.5 Å². The number of halogens is 2. The summed E-state index contributed by atoms with van der Waals surface area (Å²) >= 11 is 12.5. The van der Waals surface area contributed by atoms with Crippen molar-refractivity contribution >= 4 is 51.9 Å². The molecule has 1 unspecified atom stereocenters. The average molecular weight is 717 g/mol. The second kappa shape index (κ2) is 17.1. The third-order valence-corrected chi connectivity index (χ3v) is 8.67. The van der Waals surface area contributed by atoms with E-state index in [1.54, 1.807) is 77.8 Å². The van der Waals surface area contributed by atoms with Crippen molar-refractivity contribution in [2.75, 3.05) is 45.7 Å². The Kier molecular flexibility index (Phi) is 12.4. The maximum Gasteiger partial charge on any atom is 0.319 e. The summed E-state index contributed by atoms with van der Waals surface area (Å²) in [6.07, 6.45) is 1.82. The monoisotopic (exact) mass is 715 g/mol. The highest BCUT2D eigenvalue weighted by Gasteiger charge is 2.31. The Labute approximate surface area is 300 Å². The van der Waals surface area contributed by atoms with Gasteiger partial charge in [-0.05, 0) is 93.7 Å². The molecule has 13 heteroatoms. The third-order valence-electron chi connectivity index (χ3n) is 7.93. The number of nitrogens with one attached hydrogen (secondary N) is 2. The number of hydrogen-bond donors (Lipinski definition) is 2. The summed E-state index contributed by atoms with van der Waals surface area (Å²) < 4.78 is 7.17. The Bertz CT molecular complexity index is 1990. The van der Waals surface area contributed by atoms with Gasteiger partial charge in [-0.3, -0.25) is 14.2 Å². The number of hydrogen-bond acceptors (Lipinski definition) is 7. The lowest BCUT2D eigenvalue weighted by molar-refractivity contribution is -0.133. The van der Waals surface area contributed by atoms with Crippen molar-refractivity contribution < 1.29 is 14.3 Å². The zero-order valence-corrected chi connectivity index (χ0v) is 29.6. The maximum atomic E-state index is 14.4. The number of pyridine rings is 1. The average Bonchev–Trinajstić information content (AvgIpc) is 3.10. The summed E-state index contributed by atoms with van der Waals surface area (Å²) in [5.41, 5.74) is 1.76. The highest BCUT2D eigenvalue weighted by Crippen LogP contribution is 2.28. The fraction of sp³-hybridized carbons (Fsp3) is 0.270. The Hall–Kier alpha value is -4.97. The Morgan fingerprint density at radius 1 is 0.940 bits per heavy atom. The number of carbonyl (C=O) groups is 2. The molecule has 2 N–H and O–H groups in total. The summed E-state index contributed by atoms with van der Waals surface area (Å²) in [5.74, 6) is 0.727. The van der Waals surface area contributed by atoms with E-state index in [9.17, 15) is 14.4 Å². The molecule has 0 saturated heterocycles. The summed E-state index contributed by atoms with van der Waals surface area (Å²) in [5, 5.41) is 6.78. The van der Waals surface area contributed by atoms with Gasteiger partial charge in [0.15, 0.2) is 5.65 Å². The molecule has 2 heterocycles. The SMILES string of the molecule is CCOc1ccc(-n2c(C(CCNC(=O)Nc3ccccc3)N(CCN(C)C)C(=O)Cc3ccc(Cl)c(Cl)c3)nc3ncccc3c2=O)cc1. The minimum absolute atomic E-state index is 0.0157. The predicted molar refractivity (Wildman–Crippen MR) is 198 cm³/mol. The smallest absolute Gasteiger partial charge is 0.319 e. The summed E-state index contributed by atoms with van der Waals surface area (Å²) in [6, 6.07) is 23.5. The van der Waals surface area contributed by atoms with Crippen LogP contribution < -0.4 is 20.9 Å². The van der Waals surface area contributed by atoms with Crippen LogP contribution in [-0.2, 0) is 11.2 Å². The van der Waals surface area contributed by atoms with E-state index >= 15 is 0 Å². The minimum Gasteiger partial charge on any atom is -0.494 e. The highest BCUT2D eigenvalue weighted by atomic mass is 35.5. The van der Waals surface area contributed by atoms with Gasteiger partial charge in [0.2, 0.25) is 5.91 Å². The topological polar surface area (TPSA) is 122 Å². The lowest BCUT2D eigenvalue weighted by Crippen LogP contribution is -2.44. The number of nitrogens with zero attached hydrogens (tertiary/aromatic N) is 5. The first-order chi connectivity index (χ1) is 24.1. The number of anilines is 1. The van der Waals surface area contributed by atoms with Crippen LogP contribution in [0.15, 0.2) is 95.9 Å². The number of urea groups is 1. The predicted octanol–water partition coefficient (Wildman–Crippen LogP) is 6.37. The number of aromatic nitrogens is 3. The molecule has 2 aromatic heterocycles. The number of fused-ring (bicyclic) bond motifs is 1. The van der Waals surface area contributed by atoms with Crippen LogP contribution >= 0.6 is 23.2 Å². The van der Waals surface area contributed by atoms with E-state index in [1.807, 2.05) is 44.1 Å². The van der Waals surface area contributed by atoms with Crippen molar-refractivity contribution in [3.8, 4) is 11.4 Å². The number of rotatable bonds is 14. The van der Waals surface area contributed by atoms with Gasteiger partial charge < -0.3 is 25.2 Å². The Balaban J connectivity index is 1.60. The first-order valence-corrected chi connectivity index (χ1v) is 17.0. The van der Waals surface area contributed by atoms with E-state index < -0.39 is 12.1 Å². The zero-order valence-electron chi connectivity index (χ0n) is 28.1. The van der Waals surface area contributed by atoms with Crippen molar-refractivity contribution in [1.29, 1.82) is 0 Å². The third kappa shape index (κ3) is 9.17. The van der Waals surface area contributed by atoms with Crippen LogP contribution in [0.3, 0.4) is 0 Å². The number of carbonyl (C=O) groups excluding carboxylic acids is 2.